The second-order valence-corrected chi connectivity index (χ2v) is 4.97. The summed E-state index contributed by atoms with van der Waals surface area (Å²) in [5.74, 6) is 0.158. The predicted octanol–water partition coefficient (Wildman–Crippen LogP) is 3.75. The molecule has 18 heavy (non-hydrogen) atoms. The van der Waals surface area contributed by atoms with Crippen LogP contribution in [0.3, 0.4) is 0 Å². The number of carboxylic acid groups (broad SMARTS) is 1. The topological polar surface area (TPSA) is 46.5 Å². The molecule has 0 saturated heterocycles. The Morgan fingerprint density at radius 1 is 1.33 bits per heavy atom. The third-order valence-electron chi connectivity index (χ3n) is 2.84. The van der Waals surface area contributed by atoms with Gasteiger partial charge in [-0.15, -0.1) is 0 Å². The lowest BCUT2D eigenvalue weighted by Gasteiger charge is -2.16. The number of benzene rings is 1. The van der Waals surface area contributed by atoms with Crippen molar-refractivity contribution in [2.75, 3.05) is 0 Å². The quantitative estimate of drug-likeness (QED) is 0.836. The lowest BCUT2D eigenvalue weighted by Crippen LogP contribution is -2.26. The monoisotopic (exact) mass is 250 g/mol. The van der Waals surface area contributed by atoms with E-state index in [-0.39, 0.29) is 0 Å². The molecule has 1 atom stereocenters. The highest BCUT2D eigenvalue weighted by Crippen LogP contribution is 2.24. The summed E-state index contributed by atoms with van der Waals surface area (Å²) in [7, 11) is 0. The Morgan fingerprint density at radius 2 is 2.00 bits per heavy atom. The van der Waals surface area contributed by atoms with Crippen LogP contribution >= 0.6 is 0 Å². The van der Waals surface area contributed by atoms with E-state index in [1.54, 1.807) is 0 Å². The van der Waals surface area contributed by atoms with E-state index < -0.39 is 12.1 Å². The maximum atomic E-state index is 11.1. The Hall–Kier alpha value is -1.51. The van der Waals surface area contributed by atoms with Crippen LogP contribution in [-0.2, 0) is 4.79 Å². The summed E-state index contributed by atoms with van der Waals surface area (Å²) in [5.41, 5.74) is 2.27. The number of hydrogen-bond acceptors (Lipinski definition) is 2. The number of carbonyl (C=O) groups is 1. The SMILES string of the molecule is CCCC(Oc1cc(C)cc(C(C)C)c1)C(=O)O. The minimum atomic E-state index is -0.899. The molecule has 1 rings (SSSR count). The summed E-state index contributed by atoms with van der Waals surface area (Å²) in [6.45, 7) is 8.17. The van der Waals surface area contributed by atoms with Crippen LogP contribution in [0.2, 0.25) is 0 Å². The molecule has 0 radical (unpaired) electrons. The normalized spacial score (nSPS) is 12.5. The maximum Gasteiger partial charge on any atom is 0.344 e. The molecule has 0 spiro atoms. The number of carboxylic acids is 1. The van der Waals surface area contributed by atoms with Gasteiger partial charge < -0.3 is 9.84 Å². The van der Waals surface area contributed by atoms with Gasteiger partial charge >= 0.3 is 5.97 Å². The number of rotatable bonds is 6. The smallest absolute Gasteiger partial charge is 0.344 e. The molecule has 0 aliphatic heterocycles. The molecule has 0 aliphatic carbocycles. The Morgan fingerprint density at radius 3 is 2.50 bits per heavy atom. The van der Waals surface area contributed by atoms with Gasteiger partial charge in [-0.3, -0.25) is 0 Å². The van der Waals surface area contributed by atoms with E-state index in [9.17, 15) is 4.79 Å². The van der Waals surface area contributed by atoms with E-state index in [4.69, 9.17) is 9.84 Å². The largest absolute Gasteiger partial charge is 0.479 e. The van der Waals surface area contributed by atoms with Crippen LogP contribution < -0.4 is 4.74 Å². The molecule has 0 saturated carbocycles. The first kappa shape index (κ1) is 14.6. The van der Waals surface area contributed by atoms with Crippen molar-refractivity contribution in [1.82, 2.24) is 0 Å². The fourth-order valence-corrected chi connectivity index (χ4v) is 1.84. The maximum absolute atomic E-state index is 11.1. The second kappa shape index (κ2) is 6.43. The van der Waals surface area contributed by atoms with Crippen LogP contribution in [0.4, 0.5) is 0 Å². The molecule has 100 valence electrons. The highest BCUT2D eigenvalue weighted by molar-refractivity contribution is 5.72. The third-order valence-corrected chi connectivity index (χ3v) is 2.84. The third kappa shape index (κ3) is 4.06. The first-order valence-electron chi connectivity index (χ1n) is 6.45. The lowest BCUT2D eigenvalue weighted by molar-refractivity contribution is -0.145. The lowest BCUT2D eigenvalue weighted by atomic mass is 10.0. The second-order valence-electron chi connectivity index (χ2n) is 4.97. The Kier molecular flexibility index (Phi) is 5.20. The minimum Gasteiger partial charge on any atom is -0.479 e. The van der Waals surface area contributed by atoms with E-state index >= 15 is 0 Å². The van der Waals surface area contributed by atoms with Crippen molar-refractivity contribution in [2.24, 2.45) is 0 Å². The van der Waals surface area contributed by atoms with Crippen LogP contribution in [0.15, 0.2) is 18.2 Å². The zero-order valence-electron chi connectivity index (χ0n) is 11.6. The molecule has 1 unspecified atom stereocenters. The van der Waals surface area contributed by atoms with Gasteiger partial charge in [-0.1, -0.05) is 33.3 Å². The van der Waals surface area contributed by atoms with Gasteiger partial charge in [0.1, 0.15) is 5.75 Å². The molecule has 0 aromatic heterocycles. The summed E-state index contributed by atoms with van der Waals surface area (Å²) >= 11 is 0. The predicted molar refractivity (Wildman–Crippen MR) is 72.2 cm³/mol. The molecule has 0 aliphatic rings. The summed E-state index contributed by atoms with van der Waals surface area (Å²) in [6.07, 6.45) is 0.567. The van der Waals surface area contributed by atoms with Crippen molar-refractivity contribution in [2.45, 2.75) is 52.6 Å². The van der Waals surface area contributed by atoms with Gasteiger partial charge in [0.25, 0.3) is 0 Å². The fourth-order valence-electron chi connectivity index (χ4n) is 1.84. The zero-order valence-corrected chi connectivity index (χ0v) is 11.6. The summed E-state index contributed by atoms with van der Waals surface area (Å²) < 4.78 is 5.59. The van der Waals surface area contributed by atoms with Crippen molar-refractivity contribution in [3.05, 3.63) is 29.3 Å². The molecule has 3 heteroatoms. The van der Waals surface area contributed by atoms with Crippen LogP contribution in [0.1, 0.15) is 50.7 Å². The molecule has 3 nitrogen and oxygen atoms in total. The van der Waals surface area contributed by atoms with Gasteiger partial charge in [0, 0.05) is 0 Å². The van der Waals surface area contributed by atoms with Crippen LogP contribution in [0.25, 0.3) is 0 Å². The summed E-state index contributed by atoms with van der Waals surface area (Å²) in [5, 5.41) is 9.09. The van der Waals surface area contributed by atoms with Crippen molar-refractivity contribution in [1.29, 1.82) is 0 Å². The molecule has 0 heterocycles. The average molecular weight is 250 g/mol. The highest BCUT2D eigenvalue weighted by atomic mass is 16.5. The standard InChI is InChI=1S/C15H22O3/c1-5-6-14(15(16)17)18-13-8-11(4)7-12(9-13)10(2)3/h7-10,14H,5-6H2,1-4H3,(H,16,17). The molecule has 0 fully saturated rings. The van der Waals surface area contributed by atoms with Crippen LogP contribution in [0.5, 0.6) is 5.75 Å². The molecular formula is C15H22O3. The van der Waals surface area contributed by atoms with E-state index in [1.807, 2.05) is 26.0 Å². The molecule has 1 N–H and O–H groups in total. The number of hydrogen-bond donors (Lipinski definition) is 1. The van der Waals surface area contributed by atoms with Crippen molar-refractivity contribution in [3.63, 3.8) is 0 Å². The van der Waals surface area contributed by atoms with Crippen molar-refractivity contribution in [3.8, 4) is 5.75 Å². The van der Waals surface area contributed by atoms with Gasteiger partial charge in [-0.25, -0.2) is 4.79 Å². The minimum absolute atomic E-state index is 0.404. The van der Waals surface area contributed by atoms with Crippen molar-refractivity contribution < 1.29 is 14.6 Å². The van der Waals surface area contributed by atoms with Crippen molar-refractivity contribution >= 4 is 5.97 Å². The van der Waals surface area contributed by atoms with Crippen LogP contribution in [-0.4, -0.2) is 17.2 Å². The van der Waals surface area contributed by atoms with Gasteiger partial charge in [0.15, 0.2) is 6.10 Å². The number of aryl methyl sites for hydroxylation is 1. The van der Waals surface area contributed by atoms with Gasteiger partial charge in [0.05, 0.1) is 0 Å². The molecule has 1 aromatic carbocycles. The van der Waals surface area contributed by atoms with Gasteiger partial charge in [0.2, 0.25) is 0 Å². The Bertz CT molecular complexity index is 410. The first-order valence-corrected chi connectivity index (χ1v) is 6.45. The molecular weight excluding hydrogens is 228 g/mol. The molecule has 1 aromatic rings. The van der Waals surface area contributed by atoms with Crippen LogP contribution in [0, 0.1) is 6.92 Å². The first-order chi connectivity index (χ1) is 8.43. The van der Waals surface area contributed by atoms with Gasteiger partial charge in [-0.2, -0.15) is 0 Å². The fraction of sp³-hybridized carbons (Fsp3) is 0.533. The number of aliphatic carboxylic acids is 1. The molecule has 0 amide bonds. The summed E-state index contributed by atoms with van der Waals surface area (Å²) in [6, 6.07) is 5.92. The van der Waals surface area contributed by atoms with Gasteiger partial charge in [-0.05, 0) is 42.5 Å². The van der Waals surface area contributed by atoms with E-state index in [1.165, 1.54) is 5.56 Å². The van der Waals surface area contributed by atoms with E-state index in [0.717, 1.165) is 12.0 Å². The summed E-state index contributed by atoms with van der Waals surface area (Å²) in [4.78, 5) is 11.1. The van der Waals surface area contributed by atoms with E-state index in [0.29, 0.717) is 18.1 Å². The average Bonchev–Trinajstić information content (AvgIpc) is 2.27. The number of ether oxygens (including phenoxy) is 1. The zero-order chi connectivity index (χ0) is 13.7. The highest BCUT2D eigenvalue weighted by Gasteiger charge is 2.18. The molecule has 0 bridgehead atoms. The van der Waals surface area contributed by atoms with E-state index in [2.05, 4.69) is 19.9 Å². The Labute approximate surface area is 109 Å². The Balaban J connectivity index is 2.91.